The SMILES string of the molecule is NC(CCc1cccs1)c1ccc2nccnc2c1. The predicted molar refractivity (Wildman–Crippen MR) is 79.1 cm³/mol. The summed E-state index contributed by atoms with van der Waals surface area (Å²) in [7, 11) is 0. The third-order valence-corrected chi connectivity index (χ3v) is 4.14. The van der Waals surface area contributed by atoms with Gasteiger partial charge in [0.1, 0.15) is 0 Å². The number of nitrogens with zero attached hydrogens (tertiary/aromatic N) is 2. The third-order valence-electron chi connectivity index (χ3n) is 3.20. The lowest BCUT2D eigenvalue weighted by molar-refractivity contribution is 0.656. The topological polar surface area (TPSA) is 51.8 Å². The molecule has 0 amide bonds. The summed E-state index contributed by atoms with van der Waals surface area (Å²) in [4.78, 5) is 9.97. The summed E-state index contributed by atoms with van der Waals surface area (Å²) >= 11 is 1.78. The van der Waals surface area contributed by atoms with Crippen molar-refractivity contribution in [2.24, 2.45) is 5.73 Å². The Bertz CT molecular complexity index is 664. The molecule has 3 aromatic rings. The summed E-state index contributed by atoms with van der Waals surface area (Å²) < 4.78 is 0. The molecule has 0 aliphatic heterocycles. The van der Waals surface area contributed by atoms with E-state index >= 15 is 0 Å². The Morgan fingerprint density at radius 1 is 1.11 bits per heavy atom. The standard InChI is InChI=1S/C15H15N3S/c16-13(5-4-12-2-1-9-19-12)11-3-6-14-15(10-11)18-8-7-17-14/h1-3,6-10,13H,4-5,16H2. The summed E-state index contributed by atoms with van der Waals surface area (Å²) in [6.07, 6.45) is 5.39. The lowest BCUT2D eigenvalue weighted by atomic mass is 10.0. The Kier molecular flexibility index (Phi) is 3.53. The molecule has 1 unspecified atom stereocenters. The quantitative estimate of drug-likeness (QED) is 0.790. The highest BCUT2D eigenvalue weighted by molar-refractivity contribution is 7.09. The minimum absolute atomic E-state index is 0.0495. The zero-order valence-electron chi connectivity index (χ0n) is 10.5. The van der Waals surface area contributed by atoms with E-state index < -0.39 is 0 Å². The maximum absolute atomic E-state index is 6.26. The maximum atomic E-state index is 6.26. The van der Waals surface area contributed by atoms with E-state index in [0.29, 0.717) is 0 Å². The zero-order valence-corrected chi connectivity index (χ0v) is 11.3. The molecule has 4 heteroatoms. The highest BCUT2D eigenvalue weighted by atomic mass is 32.1. The molecule has 3 nitrogen and oxygen atoms in total. The molecule has 0 fully saturated rings. The molecule has 0 aliphatic carbocycles. The molecule has 2 aromatic heterocycles. The molecule has 0 bridgehead atoms. The van der Waals surface area contributed by atoms with Crippen molar-refractivity contribution < 1.29 is 0 Å². The largest absolute Gasteiger partial charge is 0.324 e. The van der Waals surface area contributed by atoms with E-state index in [-0.39, 0.29) is 6.04 Å². The van der Waals surface area contributed by atoms with Gasteiger partial charge in [0.05, 0.1) is 11.0 Å². The van der Waals surface area contributed by atoms with Gasteiger partial charge in [0, 0.05) is 23.3 Å². The third kappa shape index (κ3) is 2.80. The molecule has 0 saturated heterocycles. The van der Waals surface area contributed by atoms with Crippen LogP contribution in [0.1, 0.15) is 22.9 Å². The highest BCUT2D eigenvalue weighted by Gasteiger charge is 2.08. The van der Waals surface area contributed by atoms with Crippen LogP contribution in [0.3, 0.4) is 0 Å². The maximum Gasteiger partial charge on any atom is 0.0890 e. The number of fused-ring (bicyclic) bond motifs is 1. The van der Waals surface area contributed by atoms with Crippen molar-refractivity contribution in [3.63, 3.8) is 0 Å². The van der Waals surface area contributed by atoms with Crippen LogP contribution >= 0.6 is 11.3 Å². The number of hydrogen-bond donors (Lipinski definition) is 1. The van der Waals surface area contributed by atoms with Crippen LogP contribution in [0.2, 0.25) is 0 Å². The number of thiophene rings is 1. The average Bonchev–Trinajstić information content (AvgIpc) is 2.97. The van der Waals surface area contributed by atoms with Crippen LogP contribution in [0.4, 0.5) is 0 Å². The summed E-state index contributed by atoms with van der Waals surface area (Å²) in [6, 6.07) is 10.4. The van der Waals surface area contributed by atoms with Crippen LogP contribution in [0.15, 0.2) is 48.1 Å². The van der Waals surface area contributed by atoms with Crippen molar-refractivity contribution in [2.75, 3.05) is 0 Å². The van der Waals surface area contributed by atoms with Gasteiger partial charge in [-0.15, -0.1) is 11.3 Å². The number of aromatic nitrogens is 2. The van der Waals surface area contributed by atoms with E-state index in [9.17, 15) is 0 Å². The number of aryl methyl sites for hydroxylation is 1. The summed E-state index contributed by atoms with van der Waals surface area (Å²) in [6.45, 7) is 0. The molecule has 19 heavy (non-hydrogen) atoms. The van der Waals surface area contributed by atoms with Crippen molar-refractivity contribution in [3.05, 3.63) is 58.5 Å². The number of rotatable bonds is 4. The number of hydrogen-bond acceptors (Lipinski definition) is 4. The fourth-order valence-corrected chi connectivity index (χ4v) is 2.85. The molecule has 3 rings (SSSR count). The molecular formula is C15H15N3S. The Morgan fingerprint density at radius 2 is 1.95 bits per heavy atom. The molecule has 96 valence electrons. The molecule has 2 heterocycles. The van der Waals surface area contributed by atoms with Crippen LogP contribution < -0.4 is 5.73 Å². The fraction of sp³-hybridized carbons (Fsp3) is 0.200. The lowest BCUT2D eigenvalue weighted by Gasteiger charge is -2.11. The molecule has 0 radical (unpaired) electrons. The molecule has 2 N–H and O–H groups in total. The predicted octanol–water partition coefficient (Wildman–Crippen LogP) is 3.32. The number of nitrogens with two attached hydrogens (primary N) is 1. The Balaban J connectivity index is 1.75. The first-order valence-electron chi connectivity index (χ1n) is 6.31. The monoisotopic (exact) mass is 269 g/mol. The van der Waals surface area contributed by atoms with Gasteiger partial charge in [0.25, 0.3) is 0 Å². The molecule has 0 saturated carbocycles. The van der Waals surface area contributed by atoms with E-state index in [0.717, 1.165) is 29.4 Å². The van der Waals surface area contributed by atoms with Crippen LogP contribution in [0.25, 0.3) is 11.0 Å². The summed E-state index contributed by atoms with van der Waals surface area (Å²) in [5, 5.41) is 2.10. The van der Waals surface area contributed by atoms with E-state index in [2.05, 4.69) is 33.5 Å². The second kappa shape index (κ2) is 5.47. The van der Waals surface area contributed by atoms with Crippen molar-refractivity contribution in [1.29, 1.82) is 0 Å². The fourth-order valence-electron chi connectivity index (χ4n) is 2.13. The van der Waals surface area contributed by atoms with Gasteiger partial charge in [0.2, 0.25) is 0 Å². The van der Waals surface area contributed by atoms with Crippen LogP contribution in [0, 0.1) is 0 Å². The molecular weight excluding hydrogens is 254 g/mol. The van der Waals surface area contributed by atoms with Gasteiger partial charge < -0.3 is 5.73 Å². The summed E-state index contributed by atoms with van der Waals surface area (Å²) in [5.41, 5.74) is 9.21. The van der Waals surface area contributed by atoms with Gasteiger partial charge in [-0.2, -0.15) is 0 Å². The van der Waals surface area contributed by atoms with Crippen LogP contribution in [-0.2, 0) is 6.42 Å². The van der Waals surface area contributed by atoms with Gasteiger partial charge in [-0.3, -0.25) is 9.97 Å². The second-order valence-corrected chi connectivity index (χ2v) is 5.56. The van der Waals surface area contributed by atoms with Gasteiger partial charge in [-0.25, -0.2) is 0 Å². The van der Waals surface area contributed by atoms with Gasteiger partial charge >= 0.3 is 0 Å². The first kappa shape index (κ1) is 12.3. The molecule has 0 spiro atoms. The van der Waals surface area contributed by atoms with E-state index in [1.807, 2.05) is 12.1 Å². The van der Waals surface area contributed by atoms with Crippen LogP contribution in [-0.4, -0.2) is 9.97 Å². The summed E-state index contributed by atoms with van der Waals surface area (Å²) in [5.74, 6) is 0. The van der Waals surface area contributed by atoms with Crippen LogP contribution in [0.5, 0.6) is 0 Å². The Labute approximate surface area is 116 Å². The van der Waals surface area contributed by atoms with Gasteiger partial charge in [-0.1, -0.05) is 12.1 Å². The lowest BCUT2D eigenvalue weighted by Crippen LogP contribution is -2.11. The highest BCUT2D eigenvalue weighted by Crippen LogP contribution is 2.21. The zero-order chi connectivity index (χ0) is 13.1. The van der Waals surface area contributed by atoms with Gasteiger partial charge in [-0.05, 0) is 42.0 Å². The Morgan fingerprint density at radius 3 is 2.74 bits per heavy atom. The molecule has 1 aromatic carbocycles. The first-order valence-corrected chi connectivity index (χ1v) is 7.19. The molecule has 0 aliphatic rings. The van der Waals surface area contributed by atoms with Crippen molar-refractivity contribution >= 4 is 22.4 Å². The minimum Gasteiger partial charge on any atom is -0.324 e. The first-order chi connectivity index (χ1) is 9.33. The van der Waals surface area contributed by atoms with E-state index in [1.165, 1.54) is 4.88 Å². The number of benzene rings is 1. The van der Waals surface area contributed by atoms with Gasteiger partial charge in [0.15, 0.2) is 0 Å². The van der Waals surface area contributed by atoms with Crippen molar-refractivity contribution in [2.45, 2.75) is 18.9 Å². The van der Waals surface area contributed by atoms with Crippen molar-refractivity contribution in [1.82, 2.24) is 9.97 Å². The normalized spacial score (nSPS) is 12.7. The minimum atomic E-state index is 0.0495. The smallest absolute Gasteiger partial charge is 0.0890 e. The Hall–Kier alpha value is -1.78. The average molecular weight is 269 g/mol. The van der Waals surface area contributed by atoms with E-state index in [1.54, 1.807) is 23.7 Å². The second-order valence-electron chi connectivity index (χ2n) is 4.53. The van der Waals surface area contributed by atoms with E-state index in [4.69, 9.17) is 5.73 Å². The molecule has 1 atom stereocenters. The van der Waals surface area contributed by atoms with Crippen molar-refractivity contribution in [3.8, 4) is 0 Å².